The maximum Gasteiger partial charge on any atom is 0.271 e. The summed E-state index contributed by atoms with van der Waals surface area (Å²) in [5.41, 5.74) is 0.703. The fraction of sp³-hybridized carbons (Fsp3) is 0.286. The number of methoxy groups -OCH3 is 1. The molecule has 0 aliphatic carbocycles. The summed E-state index contributed by atoms with van der Waals surface area (Å²) in [6.45, 7) is -1.33. The Morgan fingerprint density at radius 3 is 2.58 bits per heavy atom. The lowest BCUT2D eigenvalue weighted by Crippen LogP contribution is -2.55. The van der Waals surface area contributed by atoms with E-state index in [9.17, 15) is 24.0 Å². The van der Waals surface area contributed by atoms with Gasteiger partial charge in [-0.1, -0.05) is 36.4 Å². The van der Waals surface area contributed by atoms with E-state index in [0.717, 1.165) is 10.3 Å². The summed E-state index contributed by atoms with van der Waals surface area (Å²) >= 11 is 0. The highest BCUT2D eigenvalue weighted by atomic mass is 16.5. The van der Waals surface area contributed by atoms with Gasteiger partial charge in [0.05, 0.1) is 24.0 Å². The van der Waals surface area contributed by atoms with Crippen LogP contribution in [0.2, 0.25) is 0 Å². The third-order valence-electron chi connectivity index (χ3n) is 6.41. The minimum Gasteiger partial charge on any atom is -0.396 e. The van der Waals surface area contributed by atoms with Gasteiger partial charge in [-0.05, 0) is 30.0 Å². The van der Waals surface area contributed by atoms with Crippen LogP contribution in [0.4, 0.5) is 11.4 Å². The van der Waals surface area contributed by atoms with Crippen LogP contribution in [0.5, 0.6) is 0 Å². The lowest BCUT2D eigenvalue weighted by atomic mass is 10.1. The van der Waals surface area contributed by atoms with E-state index in [4.69, 9.17) is 9.84 Å². The number of aliphatic hydroxyl groups excluding tert-OH is 1. The molecule has 0 saturated carbocycles. The van der Waals surface area contributed by atoms with Crippen molar-refractivity contribution in [3.8, 4) is 0 Å². The topological polar surface area (TPSA) is 158 Å². The number of nitrogens with zero attached hydrogens (tertiary/aromatic N) is 3. The molecular weight excluding hydrogens is 518 g/mol. The van der Waals surface area contributed by atoms with Crippen LogP contribution in [0.3, 0.4) is 0 Å². The van der Waals surface area contributed by atoms with Gasteiger partial charge < -0.3 is 30.2 Å². The molecule has 1 aromatic heterocycles. The van der Waals surface area contributed by atoms with Gasteiger partial charge >= 0.3 is 0 Å². The van der Waals surface area contributed by atoms with E-state index < -0.39 is 42.3 Å². The third-order valence-corrected chi connectivity index (χ3v) is 6.41. The van der Waals surface area contributed by atoms with Crippen LogP contribution >= 0.6 is 0 Å². The van der Waals surface area contributed by atoms with Gasteiger partial charge in [0, 0.05) is 25.3 Å². The van der Waals surface area contributed by atoms with Gasteiger partial charge in [0.2, 0.25) is 5.91 Å². The first-order valence-electron chi connectivity index (χ1n) is 12.6. The monoisotopic (exact) mass is 547 g/mol. The van der Waals surface area contributed by atoms with Crippen molar-refractivity contribution in [2.24, 2.45) is 0 Å². The number of anilines is 2. The van der Waals surface area contributed by atoms with Crippen LogP contribution in [-0.2, 0) is 23.9 Å². The molecule has 0 bridgehead atoms. The average Bonchev–Trinajstić information content (AvgIpc) is 3.07. The Bertz CT molecular complexity index is 1420. The van der Waals surface area contributed by atoms with E-state index in [1.165, 1.54) is 18.2 Å². The molecule has 40 heavy (non-hydrogen) atoms. The molecule has 1 aliphatic rings. The van der Waals surface area contributed by atoms with Gasteiger partial charge in [0.1, 0.15) is 31.2 Å². The van der Waals surface area contributed by atoms with Crippen LogP contribution in [0.15, 0.2) is 60.8 Å². The molecule has 2 aromatic carbocycles. The van der Waals surface area contributed by atoms with E-state index in [1.54, 1.807) is 42.5 Å². The van der Waals surface area contributed by atoms with Crippen molar-refractivity contribution < 1.29 is 33.8 Å². The molecule has 0 radical (unpaired) electrons. The zero-order valence-electron chi connectivity index (χ0n) is 21.8. The smallest absolute Gasteiger partial charge is 0.271 e. The zero-order chi connectivity index (χ0) is 28.6. The Balaban J connectivity index is 1.70. The van der Waals surface area contributed by atoms with E-state index in [1.807, 2.05) is 12.1 Å². The minimum absolute atomic E-state index is 0.00971. The van der Waals surface area contributed by atoms with Crippen LogP contribution in [0.1, 0.15) is 16.9 Å². The van der Waals surface area contributed by atoms with E-state index in [2.05, 4.69) is 15.6 Å². The number of benzene rings is 2. The molecule has 4 rings (SSSR count). The Hall–Kier alpha value is -4.68. The fourth-order valence-corrected chi connectivity index (χ4v) is 4.53. The Morgan fingerprint density at radius 1 is 1.12 bits per heavy atom. The van der Waals surface area contributed by atoms with Crippen molar-refractivity contribution in [3.05, 3.63) is 66.5 Å². The van der Waals surface area contributed by atoms with Crippen LogP contribution < -0.4 is 20.4 Å². The SMILES string of the molecule is COCC(=O)N1C[C@H](NC(=O)c2nccc3ccccc23)C(=O)N(CC(=O)N[C@H](C=O)CCO)c2ccccc21. The molecule has 1 aliphatic heterocycles. The number of ether oxygens (including phenoxy) is 1. The van der Waals surface area contributed by atoms with Gasteiger partial charge in [0.15, 0.2) is 0 Å². The Morgan fingerprint density at radius 2 is 1.85 bits per heavy atom. The maximum absolute atomic E-state index is 13.9. The van der Waals surface area contributed by atoms with Gasteiger partial charge in [0.25, 0.3) is 17.7 Å². The molecule has 0 spiro atoms. The number of amides is 4. The predicted molar refractivity (Wildman–Crippen MR) is 146 cm³/mol. The molecule has 0 saturated heterocycles. The standard InChI is InChI=1S/C28H29N5O7/c1-40-17-25(37)32-14-21(31-27(38)26-20-7-3-2-6-18(20)10-12-29-26)28(39)33(23-9-5-4-8-22(23)32)15-24(36)30-19(16-35)11-13-34/h2-10,12,16,19,21,34H,11,13-15,17H2,1H3,(H,30,36)(H,31,38)/t19-,21-/m0/s1. The van der Waals surface area contributed by atoms with Gasteiger partial charge in [-0.25, -0.2) is 0 Å². The zero-order valence-corrected chi connectivity index (χ0v) is 21.8. The third kappa shape index (κ3) is 6.14. The number of para-hydroxylation sites is 2. The van der Waals surface area contributed by atoms with E-state index >= 15 is 0 Å². The highest BCUT2D eigenvalue weighted by molar-refractivity contribution is 6.12. The second-order valence-electron chi connectivity index (χ2n) is 9.08. The lowest BCUT2D eigenvalue weighted by molar-refractivity contribution is -0.126. The van der Waals surface area contributed by atoms with E-state index in [0.29, 0.717) is 17.4 Å². The van der Waals surface area contributed by atoms with Gasteiger partial charge in [-0.2, -0.15) is 0 Å². The molecule has 0 unspecified atom stereocenters. The number of carbonyl (C=O) groups is 5. The summed E-state index contributed by atoms with van der Waals surface area (Å²) in [6, 6.07) is 13.2. The predicted octanol–water partition coefficient (Wildman–Crippen LogP) is 0.426. The molecule has 0 fully saturated rings. The van der Waals surface area contributed by atoms with Crippen LogP contribution in [-0.4, -0.2) is 85.5 Å². The molecule has 2 heterocycles. The minimum atomic E-state index is -1.26. The number of aromatic nitrogens is 1. The first-order chi connectivity index (χ1) is 19.4. The number of hydrogen-bond acceptors (Lipinski definition) is 8. The maximum atomic E-state index is 13.9. The van der Waals surface area contributed by atoms with Crippen molar-refractivity contribution in [1.29, 1.82) is 0 Å². The molecule has 3 aromatic rings. The van der Waals surface area contributed by atoms with Crippen molar-refractivity contribution in [3.63, 3.8) is 0 Å². The number of rotatable bonds is 10. The van der Waals surface area contributed by atoms with Gasteiger partial charge in [-0.3, -0.25) is 29.1 Å². The largest absolute Gasteiger partial charge is 0.396 e. The van der Waals surface area contributed by atoms with Crippen molar-refractivity contribution in [1.82, 2.24) is 15.6 Å². The molecule has 12 nitrogen and oxygen atoms in total. The molecule has 4 amide bonds. The highest BCUT2D eigenvalue weighted by Gasteiger charge is 2.38. The summed E-state index contributed by atoms with van der Waals surface area (Å²) in [5, 5.41) is 15.7. The first kappa shape index (κ1) is 28.3. The summed E-state index contributed by atoms with van der Waals surface area (Å²) < 4.78 is 5.04. The fourth-order valence-electron chi connectivity index (χ4n) is 4.53. The summed E-state index contributed by atoms with van der Waals surface area (Å²) in [5.74, 6) is -2.39. The molecule has 2 atom stereocenters. The second kappa shape index (κ2) is 12.9. The quantitative estimate of drug-likeness (QED) is 0.308. The number of pyridine rings is 1. The second-order valence-corrected chi connectivity index (χ2v) is 9.08. The van der Waals surface area contributed by atoms with Crippen molar-refractivity contribution in [2.75, 3.05) is 43.2 Å². The van der Waals surface area contributed by atoms with Crippen molar-refractivity contribution in [2.45, 2.75) is 18.5 Å². The normalized spacial score (nSPS) is 15.7. The molecule has 3 N–H and O–H groups in total. The van der Waals surface area contributed by atoms with Crippen molar-refractivity contribution >= 4 is 52.1 Å². The highest BCUT2D eigenvalue weighted by Crippen LogP contribution is 2.33. The molecule has 208 valence electrons. The summed E-state index contributed by atoms with van der Waals surface area (Å²) in [7, 11) is 1.37. The Kier molecular flexibility index (Phi) is 9.15. The molecular formula is C28H29N5O7. The van der Waals surface area contributed by atoms with Crippen LogP contribution in [0, 0.1) is 0 Å². The first-order valence-corrected chi connectivity index (χ1v) is 12.6. The molecule has 12 heteroatoms. The summed E-state index contributed by atoms with van der Waals surface area (Å²) in [6.07, 6.45) is 2.00. The van der Waals surface area contributed by atoms with E-state index in [-0.39, 0.29) is 37.6 Å². The number of hydrogen-bond donors (Lipinski definition) is 3. The number of carbonyl (C=O) groups excluding carboxylic acids is 5. The van der Waals surface area contributed by atoms with Crippen LogP contribution in [0.25, 0.3) is 10.8 Å². The lowest BCUT2D eigenvalue weighted by Gasteiger charge is -2.25. The number of aliphatic hydroxyl groups is 1. The summed E-state index contributed by atoms with van der Waals surface area (Å²) in [4.78, 5) is 71.3. The van der Waals surface area contributed by atoms with Gasteiger partial charge in [-0.15, -0.1) is 0 Å². The average molecular weight is 548 g/mol. The Labute approximate surface area is 229 Å². The number of aldehydes is 1. The number of fused-ring (bicyclic) bond motifs is 2. The number of nitrogens with one attached hydrogen (secondary N) is 2.